The van der Waals surface area contributed by atoms with Crippen molar-refractivity contribution in [3.05, 3.63) is 53.1 Å². The van der Waals surface area contributed by atoms with Crippen LogP contribution in [0.4, 0.5) is 11.5 Å². The molecule has 2 saturated heterocycles. The van der Waals surface area contributed by atoms with Gasteiger partial charge in [-0.25, -0.2) is 4.98 Å². The number of morpholine rings is 1. The van der Waals surface area contributed by atoms with Crippen molar-refractivity contribution in [3.8, 4) is 6.07 Å². The monoisotopic (exact) mass is 498 g/mol. The number of hydrogen-bond donors (Lipinski definition) is 1. The third-order valence-electron chi connectivity index (χ3n) is 7.70. The van der Waals surface area contributed by atoms with E-state index >= 15 is 0 Å². The van der Waals surface area contributed by atoms with Crippen LogP contribution in [0.3, 0.4) is 0 Å². The van der Waals surface area contributed by atoms with Gasteiger partial charge in [-0.3, -0.25) is 14.9 Å². The molecule has 0 amide bonds. The molecule has 1 N–H and O–H groups in total. The minimum atomic E-state index is 0.121. The molecule has 0 aliphatic carbocycles. The highest BCUT2D eigenvalue weighted by atomic mass is 16.5. The normalized spacial score (nSPS) is 22.6. The number of pyridine rings is 1. The lowest BCUT2D eigenvalue weighted by Crippen LogP contribution is -2.54. The zero-order valence-electron chi connectivity index (χ0n) is 21.7. The van der Waals surface area contributed by atoms with E-state index in [0.29, 0.717) is 5.56 Å². The molecule has 192 valence electrons. The first-order valence-corrected chi connectivity index (χ1v) is 13.3. The number of piperazine rings is 1. The number of anilines is 2. The first-order valence-electron chi connectivity index (χ1n) is 13.3. The Morgan fingerprint density at radius 1 is 1.08 bits per heavy atom. The van der Waals surface area contributed by atoms with Crippen LogP contribution < -0.4 is 15.1 Å². The van der Waals surface area contributed by atoms with Crippen LogP contribution >= 0.6 is 0 Å². The molecule has 0 spiro atoms. The van der Waals surface area contributed by atoms with Crippen LogP contribution in [0.2, 0.25) is 0 Å². The molecular weight excluding hydrogens is 464 g/mol. The molecule has 6 rings (SSSR count). The summed E-state index contributed by atoms with van der Waals surface area (Å²) in [5, 5.41) is 13.9. The number of rotatable bonds is 4. The molecule has 0 bridgehead atoms. The minimum Gasteiger partial charge on any atom is -0.370 e. The molecule has 1 aromatic carbocycles. The van der Waals surface area contributed by atoms with Crippen molar-refractivity contribution in [3.63, 3.8) is 0 Å². The molecule has 0 saturated carbocycles. The third kappa shape index (κ3) is 4.85. The van der Waals surface area contributed by atoms with Crippen molar-refractivity contribution >= 4 is 22.4 Å². The van der Waals surface area contributed by atoms with Crippen LogP contribution in [0.1, 0.15) is 29.6 Å². The van der Waals surface area contributed by atoms with Crippen molar-refractivity contribution in [1.29, 1.82) is 5.26 Å². The summed E-state index contributed by atoms with van der Waals surface area (Å²) >= 11 is 0. The summed E-state index contributed by atoms with van der Waals surface area (Å²) in [6.07, 6.45) is 2.96. The average molecular weight is 499 g/mol. The van der Waals surface area contributed by atoms with E-state index in [-0.39, 0.29) is 12.2 Å². The van der Waals surface area contributed by atoms with Gasteiger partial charge in [0.05, 0.1) is 40.4 Å². The molecule has 2 unspecified atom stereocenters. The number of fused-ring (bicyclic) bond motifs is 2. The highest BCUT2D eigenvalue weighted by Crippen LogP contribution is 2.30. The fourth-order valence-electron chi connectivity index (χ4n) is 5.94. The number of benzene rings is 1. The standard InChI is InChI=1S/C28H34N8O/c1-19-16-36(26-6-5-21(14-29)27-23(26)4-3-8-31-27)18-22(37-19)17-34-10-12-35(13-11-34)28-20(2)32-25-15-30-9-7-24(25)33-28/h3-6,8,19,22,30H,7,9-13,15-18H2,1-2H3. The van der Waals surface area contributed by atoms with Crippen molar-refractivity contribution in [1.82, 2.24) is 25.2 Å². The number of nitriles is 1. The Hall–Kier alpha value is -3.32. The maximum absolute atomic E-state index is 9.52. The first-order chi connectivity index (χ1) is 18.1. The Morgan fingerprint density at radius 2 is 1.95 bits per heavy atom. The maximum atomic E-state index is 9.52. The fourth-order valence-corrected chi connectivity index (χ4v) is 5.94. The number of ether oxygens (including phenoxy) is 1. The van der Waals surface area contributed by atoms with Crippen LogP contribution in [0, 0.1) is 18.3 Å². The molecule has 3 aliphatic rings. The maximum Gasteiger partial charge on any atom is 0.150 e. The Kier molecular flexibility index (Phi) is 6.63. The van der Waals surface area contributed by atoms with E-state index in [1.165, 1.54) is 0 Å². The Morgan fingerprint density at radius 3 is 2.78 bits per heavy atom. The molecule has 9 nitrogen and oxygen atoms in total. The van der Waals surface area contributed by atoms with E-state index in [2.05, 4.69) is 57.0 Å². The molecule has 37 heavy (non-hydrogen) atoms. The smallest absolute Gasteiger partial charge is 0.150 e. The minimum absolute atomic E-state index is 0.121. The molecule has 2 fully saturated rings. The molecule has 0 radical (unpaired) electrons. The third-order valence-corrected chi connectivity index (χ3v) is 7.70. The van der Waals surface area contributed by atoms with Crippen LogP contribution in [0.15, 0.2) is 30.5 Å². The summed E-state index contributed by atoms with van der Waals surface area (Å²) in [4.78, 5) is 21.7. The van der Waals surface area contributed by atoms with Gasteiger partial charge in [0.25, 0.3) is 0 Å². The van der Waals surface area contributed by atoms with E-state index in [9.17, 15) is 5.26 Å². The number of aryl methyl sites for hydroxylation is 1. The molecule has 2 aromatic heterocycles. The number of nitrogens with one attached hydrogen (secondary N) is 1. The number of nitrogens with zero attached hydrogens (tertiary/aromatic N) is 7. The SMILES string of the molecule is Cc1nc2c(nc1N1CCN(CC3CN(c4ccc(C#N)c5ncccc45)CC(C)O3)CC1)CCNC2. The van der Waals surface area contributed by atoms with Crippen molar-refractivity contribution in [2.75, 3.05) is 62.2 Å². The van der Waals surface area contributed by atoms with Gasteiger partial charge in [0.15, 0.2) is 0 Å². The van der Waals surface area contributed by atoms with Crippen LogP contribution in [-0.4, -0.2) is 84.4 Å². The lowest BCUT2D eigenvalue weighted by atomic mass is 10.1. The number of hydrogen-bond acceptors (Lipinski definition) is 9. The summed E-state index contributed by atoms with van der Waals surface area (Å²) in [6.45, 7) is 12.4. The second kappa shape index (κ2) is 10.2. The lowest BCUT2D eigenvalue weighted by molar-refractivity contribution is -0.0327. The fraction of sp³-hybridized carbons (Fsp3) is 0.500. The zero-order chi connectivity index (χ0) is 25.4. The average Bonchev–Trinajstić information content (AvgIpc) is 2.92. The van der Waals surface area contributed by atoms with Gasteiger partial charge in [-0.15, -0.1) is 0 Å². The van der Waals surface area contributed by atoms with Gasteiger partial charge >= 0.3 is 0 Å². The quantitative estimate of drug-likeness (QED) is 0.581. The second-order valence-corrected chi connectivity index (χ2v) is 10.4. The molecule has 3 aliphatic heterocycles. The van der Waals surface area contributed by atoms with Crippen molar-refractivity contribution in [2.24, 2.45) is 0 Å². The lowest BCUT2D eigenvalue weighted by Gasteiger charge is -2.42. The Labute approximate surface area is 218 Å². The molecule has 9 heteroatoms. The summed E-state index contributed by atoms with van der Waals surface area (Å²) in [7, 11) is 0. The van der Waals surface area contributed by atoms with Crippen molar-refractivity contribution in [2.45, 2.75) is 39.0 Å². The summed E-state index contributed by atoms with van der Waals surface area (Å²) < 4.78 is 6.40. The Balaban J connectivity index is 1.12. The van der Waals surface area contributed by atoms with E-state index in [1.807, 2.05) is 12.1 Å². The van der Waals surface area contributed by atoms with Crippen LogP contribution in [0.5, 0.6) is 0 Å². The van der Waals surface area contributed by atoms with Gasteiger partial charge < -0.3 is 19.9 Å². The van der Waals surface area contributed by atoms with Gasteiger partial charge in [-0.2, -0.15) is 5.26 Å². The molecule has 2 atom stereocenters. The van der Waals surface area contributed by atoms with Crippen molar-refractivity contribution < 1.29 is 4.74 Å². The van der Waals surface area contributed by atoms with Gasteiger partial charge in [0.1, 0.15) is 11.9 Å². The number of aromatic nitrogens is 3. The summed E-state index contributed by atoms with van der Waals surface area (Å²) in [5.74, 6) is 1.05. The first kappa shape index (κ1) is 24.0. The van der Waals surface area contributed by atoms with Gasteiger partial charge in [-0.05, 0) is 38.1 Å². The van der Waals surface area contributed by atoms with E-state index in [4.69, 9.17) is 14.7 Å². The highest BCUT2D eigenvalue weighted by Gasteiger charge is 2.30. The van der Waals surface area contributed by atoms with Crippen LogP contribution in [0.25, 0.3) is 10.9 Å². The predicted octanol–water partition coefficient (Wildman–Crippen LogP) is 2.27. The zero-order valence-corrected chi connectivity index (χ0v) is 21.7. The van der Waals surface area contributed by atoms with Crippen LogP contribution in [-0.2, 0) is 17.7 Å². The summed E-state index contributed by atoms with van der Waals surface area (Å²) in [5.41, 5.74) is 5.79. The highest BCUT2D eigenvalue weighted by molar-refractivity contribution is 5.95. The predicted molar refractivity (Wildman–Crippen MR) is 144 cm³/mol. The Bertz CT molecular complexity index is 1330. The summed E-state index contributed by atoms with van der Waals surface area (Å²) in [6, 6.07) is 10.2. The van der Waals surface area contributed by atoms with Gasteiger partial charge in [0, 0.05) is 82.6 Å². The molecule has 5 heterocycles. The van der Waals surface area contributed by atoms with Gasteiger partial charge in [0.2, 0.25) is 0 Å². The van der Waals surface area contributed by atoms with Gasteiger partial charge in [-0.1, -0.05) is 0 Å². The molecular formula is C28H34N8O. The van der Waals surface area contributed by atoms with E-state index < -0.39 is 0 Å². The van der Waals surface area contributed by atoms with E-state index in [1.54, 1.807) is 6.20 Å². The van der Waals surface area contributed by atoms with E-state index in [0.717, 1.165) is 105 Å². The molecule has 3 aromatic rings. The topological polar surface area (TPSA) is 93.4 Å². The second-order valence-electron chi connectivity index (χ2n) is 10.4. The largest absolute Gasteiger partial charge is 0.370 e.